The lowest BCUT2D eigenvalue weighted by Crippen LogP contribution is -2.22. The smallest absolute Gasteiger partial charge is 0.233 e. The normalized spacial score (nSPS) is 18.5. The van der Waals surface area contributed by atoms with E-state index in [4.69, 9.17) is 4.74 Å². The van der Waals surface area contributed by atoms with E-state index >= 15 is 0 Å². The van der Waals surface area contributed by atoms with Crippen LogP contribution in [0.2, 0.25) is 0 Å². The zero-order chi connectivity index (χ0) is 15.5. The first-order chi connectivity index (χ1) is 11.4. The van der Waals surface area contributed by atoms with Crippen molar-refractivity contribution in [2.24, 2.45) is 5.92 Å². The van der Waals surface area contributed by atoms with E-state index in [0.29, 0.717) is 24.1 Å². The third-order valence-electron chi connectivity index (χ3n) is 4.13. The number of ether oxygens (including phenoxy) is 1. The summed E-state index contributed by atoms with van der Waals surface area (Å²) >= 11 is 0. The van der Waals surface area contributed by atoms with Gasteiger partial charge in [-0.25, -0.2) is 0 Å². The number of aromatic nitrogens is 5. The third kappa shape index (κ3) is 3.29. The number of likely N-dealkylation sites (tertiary alicyclic amines) is 1. The van der Waals surface area contributed by atoms with Gasteiger partial charge in [-0.1, -0.05) is 30.3 Å². The average molecular weight is 310 g/mol. The molecule has 1 saturated heterocycles. The van der Waals surface area contributed by atoms with Gasteiger partial charge in [0.15, 0.2) is 5.65 Å². The Balaban J connectivity index is 1.30. The standard InChI is InChI=1S/C16H18N6O/c1-2-4-13(5-3-1)10-21-9-8-14(11-21)12-23-16-7-6-15-17-19-20-22(15)18-16/h1-7,14H,8-12H2. The van der Waals surface area contributed by atoms with Crippen LogP contribution in [0.1, 0.15) is 12.0 Å². The minimum Gasteiger partial charge on any atom is -0.476 e. The maximum atomic E-state index is 5.81. The molecule has 4 rings (SSSR count). The molecule has 0 spiro atoms. The Morgan fingerprint density at radius 1 is 1.13 bits per heavy atom. The molecule has 7 heteroatoms. The van der Waals surface area contributed by atoms with E-state index in [0.717, 1.165) is 26.1 Å². The Morgan fingerprint density at radius 3 is 2.96 bits per heavy atom. The summed E-state index contributed by atoms with van der Waals surface area (Å²) in [6.45, 7) is 3.85. The SMILES string of the molecule is c1ccc(CN2CCC(COc3ccc4nnnn4n3)C2)cc1. The van der Waals surface area contributed by atoms with Crippen LogP contribution in [-0.2, 0) is 6.54 Å². The lowest BCUT2D eigenvalue weighted by molar-refractivity contribution is 0.229. The van der Waals surface area contributed by atoms with Gasteiger partial charge in [0.05, 0.1) is 6.61 Å². The Morgan fingerprint density at radius 2 is 2.04 bits per heavy atom. The molecule has 0 saturated carbocycles. The van der Waals surface area contributed by atoms with Gasteiger partial charge in [0.25, 0.3) is 0 Å². The van der Waals surface area contributed by atoms with Gasteiger partial charge in [-0.3, -0.25) is 4.90 Å². The van der Waals surface area contributed by atoms with Crippen molar-refractivity contribution < 1.29 is 4.74 Å². The summed E-state index contributed by atoms with van der Waals surface area (Å²) in [6.07, 6.45) is 1.15. The molecule has 2 aromatic heterocycles. The molecule has 1 aliphatic heterocycles. The van der Waals surface area contributed by atoms with Gasteiger partial charge in [0.1, 0.15) is 0 Å². The molecule has 23 heavy (non-hydrogen) atoms. The number of nitrogens with zero attached hydrogens (tertiary/aromatic N) is 6. The summed E-state index contributed by atoms with van der Waals surface area (Å²) in [7, 11) is 0. The Hall–Kier alpha value is -2.54. The molecule has 0 N–H and O–H groups in total. The van der Waals surface area contributed by atoms with Crippen LogP contribution in [0.4, 0.5) is 0 Å². The van der Waals surface area contributed by atoms with Crippen molar-refractivity contribution >= 4 is 5.65 Å². The molecule has 1 fully saturated rings. The molecule has 3 aromatic rings. The van der Waals surface area contributed by atoms with E-state index < -0.39 is 0 Å². The van der Waals surface area contributed by atoms with E-state index in [1.54, 1.807) is 6.07 Å². The van der Waals surface area contributed by atoms with E-state index in [1.807, 2.05) is 6.07 Å². The molecule has 0 radical (unpaired) electrons. The predicted molar refractivity (Wildman–Crippen MR) is 83.9 cm³/mol. The van der Waals surface area contributed by atoms with Crippen LogP contribution >= 0.6 is 0 Å². The summed E-state index contributed by atoms with van der Waals surface area (Å²) in [6, 6.07) is 14.2. The zero-order valence-electron chi connectivity index (χ0n) is 12.7. The molecule has 118 valence electrons. The fourth-order valence-corrected chi connectivity index (χ4v) is 2.95. The number of hydrogen-bond donors (Lipinski definition) is 0. The maximum Gasteiger partial charge on any atom is 0.233 e. The molecule has 7 nitrogen and oxygen atoms in total. The van der Waals surface area contributed by atoms with Crippen LogP contribution in [0.3, 0.4) is 0 Å². The van der Waals surface area contributed by atoms with Crippen LogP contribution in [0, 0.1) is 5.92 Å². The van der Waals surface area contributed by atoms with Crippen LogP contribution < -0.4 is 4.74 Å². The van der Waals surface area contributed by atoms with Gasteiger partial charge in [-0.15, -0.1) is 14.8 Å². The highest BCUT2D eigenvalue weighted by Crippen LogP contribution is 2.19. The van der Waals surface area contributed by atoms with Crippen molar-refractivity contribution in [1.82, 2.24) is 30.2 Å². The minimum atomic E-state index is 0.532. The highest BCUT2D eigenvalue weighted by Gasteiger charge is 2.23. The van der Waals surface area contributed by atoms with E-state index in [2.05, 4.69) is 55.9 Å². The Labute approximate surface area is 133 Å². The highest BCUT2D eigenvalue weighted by atomic mass is 16.5. The van der Waals surface area contributed by atoms with Crippen molar-refractivity contribution in [3.05, 3.63) is 48.0 Å². The Bertz CT molecular complexity index is 774. The molecule has 1 atom stereocenters. The maximum absolute atomic E-state index is 5.81. The monoisotopic (exact) mass is 310 g/mol. The fraction of sp³-hybridized carbons (Fsp3) is 0.375. The first-order valence-electron chi connectivity index (χ1n) is 7.81. The first-order valence-corrected chi connectivity index (χ1v) is 7.81. The van der Waals surface area contributed by atoms with Crippen molar-refractivity contribution in [3.63, 3.8) is 0 Å². The summed E-state index contributed by atoms with van der Waals surface area (Å²) in [5, 5.41) is 15.4. The molecular weight excluding hydrogens is 292 g/mol. The summed E-state index contributed by atoms with van der Waals surface area (Å²) in [4.78, 5) is 2.47. The molecule has 0 bridgehead atoms. The number of hydrogen-bond acceptors (Lipinski definition) is 6. The van der Waals surface area contributed by atoms with Gasteiger partial charge in [-0.05, 0) is 35.0 Å². The molecule has 0 aliphatic carbocycles. The number of rotatable bonds is 5. The van der Waals surface area contributed by atoms with Gasteiger partial charge >= 0.3 is 0 Å². The van der Waals surface area contributed by atoms with Crippen molar-refractivity contribution in [1.29, 1.82) is 0 Å². The topological polar surface area (TPSA) is 68.4 Å². The zero-order valence-corrected chi connectivity index (χ0v) is 12.7. The summed E-state index contributed by atoms with van der Waals surface area (Å²) in [5.41, 5.74) is 1.98. The molecule has 1 aromatic carbocycles. The van der Waals surface area contributed by atoms with Crippen LogP contribution in [0.5, 0.6) is 5.88 Å². The molecule has 1 aliphatic rings. The third-order valence-corrected chi connectivity index (χ3v) is 4.13. The van der Waals surface area contributed by atoms with Crippen LogP contribution in [0.25, 0.3) is 5.65 Å². The van der Waals surface area contributed by atoms with Gasteiger partial charge < -0.3 is 4.74 Å². The van der Waals surface area contributed by atoms with Gasteiger partial charge in [-0.2, -0.15) is 0 Å². The lowest BCUT2D eigenvalue weighted by atomic mass is 10.1. The molecular formula is C16H18N6O. The second kappa shape index (κ2) is 6.29. The van der Waals surface area contributed by atoms with E-state index in [-0.39, 0.29) is 0 Å². The van der Waals surface area contributed by atoms with Crippen LogP contribution in [-0.4, -0.2) is 49.9 Å². The van der Waals surface area contributed by atoms with E-state index in [9.17, 15) is 0 Å². The second-order valence-corrected chi connectivity index (χ2v) is 5.88. The van der Waals surface area contributed by atoms with Gasteiger partial charge in [0.2, 0.25) is 5.88 Å². The molecule has 1 unspecified atom stereocenters. The largest absolute Gasteiger partial charge is 0.476 e. The lowest BCUT2D eigenvalue weighted by Gasteiger charge is -2.16. The number of fused-ring (bicyclic) bond motifs is 1. The highest BCUT2D eigenvalue weighted by molar-refractivity contribution is 5.34. The number of benzene rings is 1. The quantitative estimate of drug-likeness (QED) is 0.710. The first kappa shape index (κ1) is 14.1. The minimum absolute atomic E-state index is 0.532. The fourth-order valence-electron chi connectivity index (χ4n) is 2.95. The van der Waals surface area contributed by atoms with Crippen molar-refractivity contribution in [3.8, 4) is 5.88 Å². The summed E-state index contributed by atoms with van der Waals surface area (Å²) in [5.74, 6) is 1.09. The predicted octanol–water partition coefficient (Wildman–Crippen LogP) is 1.42. The second-order valence-electron chi connectivity index (χ2n) is 5.88. The van der Waals surface area contributed by atoms with Crippen LogP contribution in [0.15, 0.2) is 42.5 Å². The molecule has 3 heterocycles. The number of tetrazole rings is 1. The summed E-state index contributed by atoms with van der Waals surface area (Å²) < 4.78 is 7.19. The van der Waals surface area contributed by atoms with Crippen molar-refractivity contribution in [2.45, 2.75) is 13.0 Å². The van der Waals surface area contributed by atoms with Crippen molar-refractivity contribution in [2.75, 3.05) is 19.7 Å². The Kier molecular flexibility index (Phi) is 3.85. The molecule has 0 amide bonds. The average Bonchev–Trinajstić information content (AvgIpc) is 3.22. The van der Waals surface area contributed by atoms with Gasteiger partial charge in [0, 0.05) is 25.1 Å². The van der Waals surface area contributed by atoms with E-state index in [1.165, 1.54) is 10.2 Å².